The lowest BCUT2D eigenvalue weighted by molar-refractivity contribution is -0.118. The minimum absolute atomic E-state index is 0.0329. The van der Waals surface area contributed by atoms with E-state index in [9.17, 15) is 4.79 Å². The molecule has 2 atom stereocenters. The summed E-state index contributed by atoms with van der Waals surface area (Å²) in [6, 6.07) is 6.02. The van der Waals surface area contributed by atoms with Crippen molar-refractivity contribution in [3.8, 4) is 11.5 Å². The minimum Gasteiger partial charge on any atom is -0.493 e. The zero-order chi connectivity index (χ0) is 15.1. The molecular weight excluding hydrogens is 256 g/mol. The van der Waals surface area contributed by atoms with E-state index < -0.39 is 0 Å². The molecule has 0 aliphatic carbocycles. The Morgan fingerprint density at radius 2 is 1.95 bits per heavy atom. The Bertz CT molecular complexity index is 449. The normalized spacial score (nSPS) is 13.6. The minimum atomic E-state index is -0.299. The molecular formula is C15H24N2O3. The van der Waals surface area contributed by atoms with E-state index in [1.807, 2.05) is 25.1 Å². The maximum absolute atomic E-state index is 10.9. The lowest BCUT2D eigenvalue weighted by atomic mass is 10.0. The molecule has 0 bridgehead atoms. The summed E-state index contributed by atoms with van der Waals surface area (Å²) in [6.07, 6.45) is 1.22. The van der Waals surface area contributed by atoms with Gasteiger partial charge in [0.15, 0.2) is 11.5 Å². The number of primary amides is 1. The highest BCUT2D eigenvalue weighted by Gasteiger charge is 2.16. The van der Waals surface area contributed by atoms with Crippen LogP contribution in [0.15, 0.2) is 18.2 Å². The Morgan fingerprint density at radius 1 is 1.30 bits per heavy atom. The molecule has 1 aromatic carbocycles. The highest BCUT2D eigenvalue weighted by atomic mass is 16.5. The maximum Gasteiger partial charge on any atom is 0.218 e. The van der Waals surface area contributed by atoms with Crippen LogP contribution in [0, 0.1) is 0 Å². The predicted octanol–water partition coefficient (Wildman–Crippen LogP) is 2.01. The van der Waals surface area contributed by atoms with Gasteiger partial charge in [-0.25, -0.2) is 0 Å². The molecule has 5 nitrogen and oxygen atoms in total. The number of carbonyl (C=O) groups excluding carboxylic acids is 1. The van der Waals surface area contributed by atoms with Gasteiger partial charge in [0, 0.05) is 18.5 Å². The largest absolute Gasteiger partial charge is 0.493 e. The summed E-state index contributed by atoms with van der Waals surface area (Å²) < 4.78 is 10.5. The quantitative estimate of drug-likeness (QED) is 0.764. The molecule has 0 aromatic heterocycles. The number of amides is 1. The number of hydrogen-bond acceptors (Lipinski definition) is 4. The topological polar surface area (TPSA) is 73.6 Å². The number of hydrogen-bond donors (Lipinski definition) is 2. The number of rotatable bonds is 8. The van der Waals surface area contributed by atoms with Crippen LogP contribution in [-0.4, -0.2) is 26.2 Å². The van der Waals surface area contributed by atoms with Gasteiger partial charge >= 0.3 is 0 Å². The number of benzene rings is 1. The van der Waals surface area contributed by atoms with Crippen molar-refractivity contribution in [2.75, 3.05) is 14.2 Å². The highest BCUT2D eigenvalue weighted by molar-refractivity contribution is 5.74. The standard InChI is InChI=1S/C15H24N2O3/c1-5-12(17-10(2)8-15(16)18)11-6-7-13(19-3)14(9-11)20-4/h6-7,9-10,12,17H,5,8H2,1-4H3,(H2,16,18). The number of nitrogens with two attached hydrogens (primary N) is 1. The first-order valence-corrected chi connectivity index (χ1v) is 6.78. The van der Waals surface area contributed by atoms with Gasteiger partial charge in [-0.05, 0) is 31.0 Å². The second kappa shape index (κ2) is 7.75. The van der Waals surface area contributed by atoms with Gasteiger partial charge in [-0.3, -0.25) is 4.79 Å². The Balaban J connectivity index is 2.86. The van der Waals surface area contributed by atoms with Crippen LogP contribution >= 0.6 is 0 Å². The molecule has 2 unspecified atom stereocenters. The maximum atomic E-state index is 10.9. The van der Waals surface area contributed by atoms with Gasteiger partial charge in [-0.15, -0.1) is 0 Å². The first kappa shape index (κ1) is 16.3. The van der Waals surface area contributed by atoms with Crippen LogP contribution in [0.1, 0.15) is 38.3 Å². The second-order valence-electron chi connectivity index (χ2n) is 4.81. The molecule has 0 saturated heterocycles. The third-order valence-electron chi connectivity index (χ3n) is 3.21. The second-order valence-corrected chi connectivity index (χ2v) is 4.81. The first-order chi connectivity index (χ1) is 9.51. The molecule has 0 radical (unpaired) electrons. The molecule has 1 rings (SSSR count). The molecule has 0 spiro atoms. The third kappa shape index (κ3) is 4.42. The summed E-state index contributed by atoms with van der Waals surface area (Å²) in [4.78, 5) is 10.9. The van der Waals surface area contributed by atoms with Gasteiger partial charge in [0.2, 0.25) is 5.91 Å². The molecule has 0 aliphatic rings. The van der Waals surface area contributed by atoms with Crippen LogP contribution in [0.4, 0.5) is 0 Å². The summed E-state index contributed by atoms with van der Waals surface area (Å²) in [5.74, 6) is 1.11. The van der Waals surface area contributed by atoms with Crippen molar-refractivity contribution in [1.29, 1.82) is 0 Å². The van der Waals surface area contributed by atoms with Crippen molar-refractivity contribution in [3.05, 3.63) is 23.8 Å². The van der Waals surface area contributed by atoms with Gasteiger partial charge < -0.3 is 20.5 Å². The third-order valence-corrected chi connectivity index (χ3v) is 3.21. The molecule has 3 N–H and O–H groups in total. The zero-order valence-corrected chi connectivity index (χ0v) is 12.6. The van der Waals surface area contributed by atoms with Gasteiger partial charge in [0.25, 0.3) is 0 Å². The lowest BCUT2D eigenvalue weighted by Crippen LogP contribution is -2.33. The van der Waals surface area contributed by atoms with Crippen molar-refractivity contribution < 1.29 is 14.3 Å². The van der Waals surface area contributed by atoms with Gasteiger partial charge in [0.1, 0.15) is 0 Å². The Morgan fingerprint density at radius 3 is 2.45 bits per heavy atom. The van der Waals surface area contributed by atoms with E-state index in [1.54, 1.807) is 14.2 Å². The summed E-state index contributed by atoms with van der Waals surface area (Å²) in [5.41, 5.74) is 6.32. The summed E-state index contributed by atoms with van der Waals surface area (Å²) in [6.45, 7) is 4.04. The molecule has 0 saturated carbocycles. The average Bonchev–Trinajstić information content (AvgIpc) is 2.43. The van der Waals surface area contributed by atoms with Crippen LogP contribution in [0.3, 0.4) is 0 Å². The molecule has 0 aliphatic heterocycles. The summed E-state index contributed by atoms with van der Waals surface area (Å²) in [7, 11) is 3.23. The van der Waals surface area contributed by atoms with E-state index in [4.69, 9.17) is 15.2 Å². The number of carbonyl (C=O) groups is 1. The van der Waals surface area contributed by atoms with E-state index >= 15 is 0 Å². The summed E-state index contributed by atoms with van der Waals surface area (Å²) >= 11 is 0. The van der Waals surface area contributed by atoms with Gasteiger partial charge in [0.05, 0.1) is 14.2 Å². The van der Waals surface area contributed by atoms with E-state index in [1.165, 1.54) is 0 Å². The fourth-order valence-electron chi connectivity index (χ4n) is 2.22. The Labute approximate surface area is 120 Å². The number of ether oxygens (including phenoxy) is 2. The Hall–Kier alpha value is -1.75. The molecule has 20 heavy (non-hydrogen) atoms. The average molecular weight is 280 g/mol. The van der Waals surface area contributed by atoms with Crippen molar-refractivity contribution in [3.63, 3.8) is 0 Å². The van der Waals surface area contributed by atoms with Crippen LogP contribution in [0.5, 0.6) is 11.5 Å². The fourth-order valence-corrected chi connectivity index (χ4v) is 2.22. The molecule has 0 fully saturated rings. The SMILES string of the molecule is CCC(NC(C)CC(N)=O)c1ccc(OC)c(OC)c1. The van der Waals surface area contributed by atoms with Crippen LogP contribution in [0.2, 0.25) is 0 Å². The van der Waals surface area contributed by atoms with Crippen molar-refractivity contribution in [2.24, 2.45) is 5.73 Å². The summed E-state index contributed by atoms with van der Waals surface area (Å²) in [5, 5.41) is 3.41. The number of methoxy groups -OCH3 is 2. The van der Waals surface area contributed by atoms with Gasteiger partial charge in [-0.1, -0.05) is 13.0 Å². The zero-order valence-electron chi connectivity index (χ0n) is 12.6. The fraction of sp³-hybridized carbons (Fsp3) is 0.533. The van der Waals surface area contributed by atoms with Crippen LogP contribution in [-0.2, 0) is 4.79 Å². The monoisotopic (exact) mass is 280 g/mol. The van der Waals surface area contributed by atoms with Crippen LogP contribution < -0.4 is 20.5 Å². The number of nitrogens with one attached hydrogen (secondary N) is 1. The molecule has 1 aromatic rings. The highest BCUT2D eigenvalue weighted by Crippen LogP contribution is 2.31. The lowest BCUT2D eigenvalue weighted by Gasteiger charge is -2.23. The van der Waals surface area contributed by atoms with Crippen molar-refractivity contribution in [1.82, 2.24) is 5.32 Å². The van der Waals surface area contributed by atoms with Crippen molar-refractivity contribution in [2.45, 2.75) is 38.8 Å². The van der Waals surface area contributed by atoms with E-state index in [0.29, 0.717) is 17.9 Å². The van der Waals surface area contributed by atoms with E-state index in [0.717, 1.165) is 12.0 Å². The first-order valence-electron chi connectivity index (χ1n) is 6.78. The smallest absolute Gasteiger partial charge is 0.218 e. The predicted molar refractivity (Wildman–Crippen MR) is 79.0 cm³/mol. The molecule has 112 valence electrons. The van der Waals surface area contributed by atoms with E-state index in [2.05, 4.69) is 12.2 Å². The molecule has 1 amide bonds. The van der Waals surface area contributed by atoms with Crippen molar-refractivity contribution >= 4 is 5.91 Å². The molecule has 5 heteroatoms. The van der Waals surface area contributed by atoms with E-state index in [-0.39, 0.29) is 18.0 Å². The van der Waals surface area contributed by atoms with Gasteiger partial charge in [-0.2, -0.15) is 0 Å². The molecule has 0 heterocycles. The van der Waals surface area contributed by atoms with Crippen LogP contribution in [0.25, 0.3) is 0 Å². The Kier molecular flexibility index (Phi) is 6.31.